The zero-order valence-corrected chi connectivity index (χ0v) is 11.5. The van der Waals surface area contributed by atoms with Crippen LogP contribution in [0.15, 0.2) is 29.2 Å². The molecule has 0 bridgehead atoms. The Morgan fingerprint density at radius 1 is 1.37 bits per heavy atom. The topological polar surface area (TPSA) is 109 Å². The molecule has 0 aromatic heterocycles. The molecule has 0 aliphatic carbocycles. The molecule has 0 heterocycles. The van der Waals surface area contributed by atoms with Gasteiger partial charge in [0.2, 0.25) is 10.0 Å². The molecule has 0 radical (unpaired) electrons. The summed E-state index contributed by atoms with van der Waals surface area (Å²) in [5.41, 5.74) is 0.733. The number of rotatable bonds is 7. The first-order chi connectivity index (χ1) is 8.82. The number of nitrogens with one attached hydrogen (secondary N) is 1. The Morgan fingerprint density at radius 3 is 2.37 bits per heavy atom. The Hall–Kier alpha value is -1.60. The van der Waals surface area contributed by atoms with Crippen LogP contribution >= 0.6 is 0 Å². The molecule has 6 nitrogen and oxygen atoms in total. The van der Waals surface area contributed by atoms with Gasteiger partial charge in [0.1, 0.15) is 0 Å². The third-order valence-electron chi connectivity index (χ3n) is 2.82. The lowest BCUT2D eigenvalue weighted by Crippen LogP contribution is -2.17. The Morgan fingerprint density at radius 2 is 1.95 bits per heavy atom. The van der Waals surface area contributed by atoms with E-state index >= 15 is 0 Å². The molecular formula is C12H18N2O4S. The van der Waals surface area contributed by atoms with Crippen molar-refractivity contribution in [3.05, 3.63) is 24.3 Å². The van der Waals surface area contributed by atoms with Crippen LogP contribution < -0.4 is 10.5 Å². The molecule has 0 aliphatic heterocycles. The first kappa shape index (κ1) is 15.5. The Balaban J connectivity index is 2.61. The van der Waals surface area contributed by atoms with Gasteiger partial charge in [-0.15, -0.1) is 0 Å². The number of primary sulfonamides is 1. The largest absolute Gasteiger partial charge is 0.481 e. The second-order valence-corrected chi connectivity index (χ2v) is 5.88. The van der Waals surface area contributed by atoms with E-state index in [0.717, 1.165) is 12.1 Å². The van der Waals surface area contributed by atoms with E-state index in [4.69, 9.17) is 10.2 Å². The first-order valence-corrected chi connectivity index (χ1v) is 7.46. The summed E-state index contributed by atoms with van der Waals surface area (Å²) in [6.45, 7) is 2.46. The third kappa shape index (κ3) is 5.27. The highest BCUT2D eigenvalue weighted by molar-refractivity contribution is 7.89. The van der Waals surface area contributed by atoms with Crippen LogP contribution in [0.5, 0.6) is 0 Å². The second-order valence-electron chi connectivity index (χ2n) is 4.32. The van der Waals surface area contributed by atoms with Crippen molar-refractivity contribution in [3.63, 3.8) is 0 Å². The molecule has 0 spiro atoms. The summed E-state index contributed by atoms with van der Waals surface area (Å²) >= 11 is 0. The molecule has 7 heteroatoms. The average Bonchev–Trinajstić information content (AvgIpc) is 2.33. The number of hydrogen-bond donors (Lipinski definition) is 3. The van der Waals surface area contributed by atoms with Crippen LogP contribution in [0, 0.1) is 5.92 Å². The van der Waals surface area contributed by atoms with E-state index in [1.807, 2.05) is 6.92 Å². The maximum absolute atomic E-state index is 11.1. The fraction of sp³-hybridized carbons (Fsp3) is 0.417. The van der Waals surface area contributed by atoms with Gasteiger partial charge in [0.25, 0.3) is 0 Å². The van der Waals surface area contributed by atoms with Crippen molar-refractivity contribution in [2.75, 3.05) is 11.9 Å². The molecule has 1 aromatic rings. The number of benzene rings is 1. The van der Waals surface area contributed by atoms with Gasteiger partial charge in [0.15, 0.2) is 0 Å². The minimum Gasteiger partial charge on any atom is -0.481 e. The molecule has 106 valence electrons. The van der Waals surface area contributed by atoms with Gasteiger partial charge in [-0.25, -0.2) is 13.6 Å². The summed E-state index contributed by atoms with van der Waals surface area (Å²) in [7, 11) is -3.68. The standard InChI is InChI=1S/C12H18N2O4S/c1-2-9(7-12(15)16)8-14-10-3-5-11(6-4-10)19(13,17)18/h3-6,9,14H,2,7-8H2,1H3,(H,15,16)(H2,13,17,18). The molecule has 1 aromatic carbocycles. The fourth-order valence-corrected chi connectivity index (χ4v) is 2.15. The molecule has 1 atom stereocenters. The van der Waals surface area contributed by atoms with Crippen LogP contribution in [0.4, 0.5) is 5.69 Å². The molecule has 1 unspecified atom stereocenters. The van der Waals surface area contributed by atoms with Crippen LogP contribution in [0.1, 0.15) is 19.8 Å². The molecule has 0 amide bonds. The Bertz CT molecular complexity index is 525. The number of carboxylic acids is 1. The van der Waals surface area contributed by atoms with Gasteiger partial charge in [0.05, 0.1) is 4.90 Å². The van der Waals surface area contributed by atoms with Gasteiger partial charge in [-0.2, -0.15) is 0 Å². The van der Waals surface area contributed by atoms with E-state index < -0.39 is 16.0 Å². The zero-order valence-electron chi connectivity index (χ0n) is 10.7. The molecule has 0 saturated heterocycles. The van der Waals surface area contributed by atoms with E-state index in [2.05, 4.69) is 5.32 Å². The van der Waals surface area contributed by atoms with Crippen LogP contribution in [0.2, 0.25) is 0 Å². The summed E-state index contributed by atoms with van der Waals surface area (Å²) in [4.78, 5) is 10.7. The number of carbonyl (C=O) groups is 1. The number of sulfonamides is 1. The summed E-state index contributed by atoms with van der Waals surface area (Å²) in [6, 6.07) is 6.03. The quantitative estimate of drug-likeness (QED) is 0.698. The van der Waals surface area contributed by atoms with E-state index in [1.54, 1.807) is 12.1 Å². The van der Waals surface area contributed by atoms with Gasteiger partial charge < -0.3 is 10.4 Å². The van der Waals surface area contributed by atoms with Crippen LogP contribution in [0.3, 0.4) is 0 Å². The van der Waals surface area contributed by atoms with Crippen LogP contribution in [-0.4, -0.2) is 26.0 Å². The van der Waals surface area contributed by atoms with Crippen molar-refractivity contribution in [2.24, 2.45) is 11.1 Å². The van der Waals surface area contributed by atoms with Gasteiger partial charge in [-0.1, -0.05) is 13.3 Å². The molecule has 1 rings (SSSR count). The maximum Gasteiger partial charge on any atom is 0.303 e. The summed E-state index contributed by atoms with van der Waals surface area (Å²) in [5.74, 6) is -0.784. The van der Waals surface area contributed by atoms with Crippen molar-refractivity contribution >= 4 is 21.7 Å². The lowest BCUT2D eigenvalue weighted by atomic mass is 10.0. The minimum atomic E-state index is -3.68. The molecule has 4 N–H and O–H groups in total. The molecule has 0 aliphatic rings. The highest BCUT2D eigenvalue weighted by Gasteiger charge is 2.11. The number of hydrogen-bond acceptors (Lipinski definition) is 4. The zero-order chi connectivity index (χ0) is 14.5. The number of aliphatic carboxylic acids is 1. The number of carboxylic acid groups (broad SMARTS) is 1. The van der Waals surface area contributed by atoms with Gasteiger partial charge >= 0.3 is 5.97 Å². The lowest BCUT2D eigenvalue weighted by Gasteiger charge is -2.14. The lowest BCUT2D eigenvalue weighted by molar-refractivity contribution is -0.138. The predicted molar refractivity (Wildman–Crippen MR) is 72.3 cm³/mol. The van der Waals surface area contributed by atoms with Crippen molar-refractivity contribution in [1.29, 1.82) is 0 Å². The normalized spacial score (nSPS) is 12.9. The second kappa shape index (κ2) is 6.53. The van der Waals surface area contributed by atoms with E-state index in [9.17, 15) is 13.2 Å². The van der Waals surface area contributed by atoms with Gasteiger partial charge in [-0.3, -0.25) is 4.79 Å². The van der Waals surface area contributed by atoms with Crippen molar-refractivity contribution in [2.45, 2.75) is 24.7 Å². The van der Waals surface area contributed by atoms with E-state index in [0.29, 0.717) is 6.54 Å². The highest BCUT2D eigenvalue weighted by Crippen LogP contribution is 2.15. The maximum atomic E-state index is 11.1. The average molecular weight is 286 g/mol. The summed E-state index contributed by atoms with van der Waals surface area (Å²) in [5, 5.41) is 16.8. The minimum absolute atomic E-state index is 0.0374. The Kier molecular flexibility index (Phi) is 5.31. The monoisotopic (exact) mass is 286 g/mol. The highest BCUT2D eigenvalue weighted by atomic mass is 32.2. The first-order valence-electron chi connectivity index (χ1n) is 5.91. The van der Waals surface area contributed by atoms with Gasteiger partial charge in [-0.05, 0) is 30.2 Å². The van der Waals surface area contributed by atoms with Crippen molar-refractivity contribution < 1.29 is 18.3 Å². The van der Waals surface area contributed by atoms with Crippen LogP contribution in [0.25, 0.3) is 0 Å². The SMILES string of the molecule is CCC(CNc1ccc(S(N)(=O)=O)cc1)CC(=O)O. The predicted octanol–water partition coefficient (Wildman–Crippen LogP) is 1.25. The van der Waals surface area contributed by atoms with E-state index in [-0.39, 0.29) is 17.2 Å². The molecule has 0 saturated carbocycles. The summed E-state index contributed by atoms with van der Waals surface area (Å²) in [6.07, 6.45) is 0.868. The number of anilines is 1. The fourth-order valence-electron chi connectivity index (χ4n) is 1.63. The smallest absolute Gasteiger partial charge is 0.303 e. The van der Waals surface area contributed by atoms with Crippen LogP contribution in [-0.2, 0) is 14.8 Å². The van der Waals surface area contributed by atoms with Crippen molar-refractivity contribution in [3.8, 4) is 0 Å². The Labute approximate surface area is 112 Å². The third-order valence-corrected chi connectivity index (χ3v) is 3.75. The molecular weight excluding hydrogens is 268 g/mol. The van der Waals surface area contributed by atoms with Gasteiger partial charge in [0, 0.05) is 18.7 Å². The molecule has 0 fully saturated rings. The van der Waals surface area contributed by atoms with E-state index in [1.165, 1.54) is 12.1 Å². The summed E-state index contributed by atoms with van der Waals surface area (Å²) < 4.78 is 22.1. The number of nitrogens with two attached hydrogens (primary N) is 1. The molecule has 19 heavy (non-hydrogen) atoms. The van der Waals surface area contributed by atoms with Crippen molar-refractivity contribution in [1.82, 2.24) is 0 Å².